The van der Waals surface area contributed by atoms with Crippen LogP contribution in [0.25, 0.3) is 20.7 Å². The number of nitrogens with zero attached hydrogens (tertiary/aromatic N) is 2. The number of aryl methyl sites for hydroxylation is 1. The molecule has 1 N–H and O–H groups in total. The highest BCUT2D eigenvalue weighted by molar-refractivity contribution is 7.22. The summed E-state index contributed by atoms with van der Waals surface area (Å²) >= 11 is 1.52. The lowest BCUT2D eigenvalue weighted by Crippen LogP contribution is -2.33. The molecule has 0 atom stereocenters. The van der Waals surface area contributed by atoms with E-state index in [0.29, 0.717) is 17.8 Å². The zero-order valence-electron chi connectivity index (χ0n) is 14.0. The molecule has 25 heavy (non-hydrogen) atoms. The summed E-state index contributed by atoms with van der Waals surface area (Å²) in [4.78, 5) is 31.1. The first-order valence-corrected chi connectivity index (χ1v) is 9.26. The molecular formula is C19H19N3O2S. The van der Waals surface area contributed by atoms with E-state index in [-0.39, 0.29) is 18.0 Å². The fourth-order valence-corrected chi connectivity index (χ4v) is 4.07. The van der Waals surface area contributed by atoms with Gasteiger partial charge in [0.05, 0.1) is 11.7 Å². The average molecular weight is 353 g/mol. The van der Waals surface area contributed by atoms with Gasteiger partial charge in [-0.05, 0) is 36.8 Å². The summed E-state index contributed by atoms with van der Waals surface area (Å²) in [5, 5.41) is 3.50. The van der Waals surface area contributed by atoms with E-state index in [9.17, 15) is 9.59 Å². The topological polar surface area (TPSA) is 64.0 Å². The number of benzene rings is 1. The Morgan fingerprint density at radius 2 is 2.08 bits per heavy atom. The summed E-state index contributed by atoms with van der Waals surface area (Å²) in [6.07, 6.45) is 3.85. The Bertz CT molecular complexity index is 987. The monoisotopic (exact) mass is 353 g/mol. The van der Waals surface area contributed by atoms with Crippen LogP contribution in [0, 0.1) is 12.8 Å². The number of hydrogen-bond donors (Lipinski definition) is 1. The molecule has 1 aliphatic rings. The third kappa shape index (κ3) is 3.22. The lowest BCUT2D eigenvalue weighted by atomic mass is 10.1. The van der Waals surface area contributed by atoms with Crippen molar-refractivity contribution in [2.75, 3.05) is 6.54 Å². The summed E-state index contributed by atoms with van der Waals surface area (Å²) in [7, 11) is 0. The van der Waals surface area contributed by atoms with Gasteiger partial charge in [-0.25, -0.2) is 4.98 Å². The molecule has 1 aromatic carbocycles. The lowest BCUT2D eigenvalue weighted by Gasteiger charge is -2.06. The normalized spacial score (nSPS) is 14.0. The van der Waals surface area contributed by atoms with E-state index in [4.69, 9.17) is 0 Å². The van der Waals surface area contributed by atoms with Crippen LogP contribution in [0.4, 0.5) is 0 Å². The summed E-state index contributed by atoms with van der Waals surface area (Å²) in [5.74, 6) is 0.486. The van der Waals surface area contributed by atoms with Crippen molar-refractivity contribution < 1.29 is 4.79 Å². The van der Waals surface area contributed by atoms with E-state index in [1.54, 1.807) is 0 Å². The molecule has 4 rings (SSSR count). The first-order chi connectivity index (χ1) is 12.1. The fraction of sp³-hybridized carbons (Fsp3) is 0.316. The van der Waals surface area contributed by atoms with Crippen LogP contribution in [0.5, 0.6) is 0 Å². The van der Waals surface area contributed by atoms with E-state index >= 15 is 0 Å². The third-order valence-corrected chi connectivity index (χ3v) is 5.80. The number of nitrogens with one attached hydrogen (secondary N) is 1. The first-order valence-electron chi connectivity index (χ1n) is 8.44. The molecule has 0 spiro atoms. The van der Waals surface area contributed by atoms with Gasteiger partial charge in [0.15, 0.2) is 0 Å². The Balaban J connectivity index is 1.66. The number of aromatic nitrogens is 2. The molecular weight excluding hydrogens is 334 g/mol. The molecule has 128 valence electrons. The van der Waals surface area contributed by atoms with E-state index in [1.807, 2.05) is 37.3 Å². The fourth-order valence-electron chi connectivity index (χ4n) is 2.93. The number of amides is 1. The van der Waals surface area contributed by atoms with Crippen LogP contribution < -0.4 is 10.9 Å². The summed E-state index contributed by atoms with van der Waals surface area (Å²) in [5.41, 5.74) is 1.86. The quantitative estimate of drug-likeness (QED) is 0.767. The highest BCUT2D eigenvalue weighted by Crippen LogP contribution is 2.35. The molecule has 0 radical (unpaired) electrons. The molecule has 3 aromatic rings. The Morgan fingerprint density at radius 3 is 2.80 bits per heavy atom. The van der Waals surface area contributed by atoms with Crippen LogP contribution >= 0.6 is 11.3 Å². The molecule has 0 bridgehead atoms. The summed E-state index contributed by atoms with van der Waals surface area (Å²) < 4.78 is 1.40. The van der Waals surface area contributed by atoms with Crippen LogP contribution in [-0.2, 0) is 11.3 Å². The van der Waals surface area contributed by atoms with E-state index < -0.39 is 0 Å². The van der Waals surface area contributed by atoms with Gasteiger partial charge in [-0.15, -0.1) is 11.3 Å². The minimum absolute atomic E-state index is 0.0183. The SMILES string of the molecule is Cc1c(-c2ccccc2)sc2ncn(CC(=O)NCC3CC3)c(=O)c12. The van der Waals surface area contributed by atoms with Crippen molar-refractivity contribution in [3.05, 3.63) is 52.6 Å². The second kappa shape index (κ2) is 6.44. The Labute approximate surface area is 149 Å². The van der Waals surface area contributed by atoms with Gasteiger partial charge in [0, 0.05) is 11.4 Å². The molecule has 6 heteroatoms. The van der Waals surface area contributed by atoms with Crippen LogP contribution in [0.15, 0.2) is 41.5 Å². The van der Waals surface area contributed by atoms with Crippen molar-refractivity contribution in [3.63, 3.8) is 0 Å². The lowest BCUT2D eigenvalue weighted by molar-refractivity contribution is -0.121. The molecule has 2 heterocycles. The molecule has 1 fully saturated rings. The largest absolute Gasteiger partial charge is 0.354 e. The minimum Gasteiger partial charge on any atom is -0.354 e. The maximum atomic E-state index is 12.8. The zero-order chi connectivity index (χ0) is 17.4. The summed E-state index contributed by atoms with van der Waals surface area (Å²) in [6.45, 7) is 2.67. The van der Waals surface area contributed by atoms with Crippen LogP contribution in [-0.4, -0.2) is 22.0 Å². The number of rotatable bonds is 5. The van der Waals surface area contributed by atoms with Crippen molar-refractivity contribution in [2.45, 2.75) is 26.3 Å². The molecule has 1 aliphatic carbocycles. The van der Waals surface area contributed by atoms with E-state index in [0.717, 1.165) is 20.8 Å². The molecule has 1 saturated carbocycles. The van der Waals surface area contributed by atoms with Gasteiger partial charge in [0.25, 0.3) is 5.56 Å². The molecule has 0 saturated heterocycles. The van der Waals surface area contributed by atoms with Crippen molar-refractivity contribution in [1.82, 2.24) is 14.9 Å². The van der Waals surface area contributed by atoms with Crippen LogP contribution in [0.1, 0.15) is 18.4 Å². The predicted molar refractivity (Wildman–Crippen MR) is 99.8 cm³/mol. The van der Waals surface area contributed by atoms with Crippen molar-refractivity contribution in [2.24, 2.45) is 5.92 Å². The number of thiophene rings is 1. The molecule has 1 amide bonds. The Kier molecular flexibility index (Phi) is 4.13. The van der Waals surface area contributed by atoms with Gasteiger partial charge in [-0.2, -0.15) is 0 Å². The first kappa shape index (κ1) is 16.0. The molecule has 0 unspecified atom stereocenters. The predicted octanol–water partition coefficient (Wildman–Crippen LogP) is 2.96. The van der Waals surface area contributed by atoms with Gasteiger partial charge >= 0.3 is 0 Å². The minimum atomic E-state index is -0.150. The average Bonchev–Trinajstić information content (AvgIpc) is 3.39. The van der Waals surface area contributed by atoms with E-state index in [2.05, 4.69) is 10.3 Å². The Morgan fingerprint density at radius 1 is 1.32 bits per heavy atom. The smallest absolute Gasteiger partial charge is 0.262 e. The Hall–Kier alpha value is -2.47. The second-order valence-electron chi connectivity index (χ2n) is 6.53. The number of carbonyl (C=O) groups excluding carboxylic acids is 1. The number of hydrogen-bond acceptors (Lipinski definition) is 4. The van der Waals surface area contributed by atoms with Gasteiger partial charge in [0.2, 0.25) is 5.91 Å². The van der Waals surface area contributed by atoms with Crippen molar-refractivity contribution in [1.29, 1.82) is 0 Å². The highest BCUT2D eigenvalue weighted by atomic mass is 32.1. The number of carbonyl (C=O) groups is 1. The molecule has 5 nitrogen and oxygen atoms in total. The van der Waals surface area contributed by atoms with Gasteiger partial charge in [0.1, 0.15) is 11.4 Å². The van der Waals surface area contributed by atoms with Gasteiger partial charge in [-0.3, -0.25) is 14.2 Å². The highest BCUT2D eigenvalue weighted by Gasteiger charge is 2.22. The maximum Gasteiger partial charge on any atom is 0.262 e. The van der Waals surface area contributed by atoms with Gasteiger partial charge < -0.3 is 5.32 Å². The number of fused-ring (bicyclic) bond motifs is 1. The van der Waals surface area contributed by atoms with Crippen molar-refractivity contribution in [3.8, 4) is 10.4 Å². The maximum absolute atomic E-state index is 12.8. The van der Waals surface area contributed by atoms with Crippen molar-refractivity contribution >= 4 is 27.5 Å². The second-order valence-corrected chi connectivity index (χ2v) is 7.53. The van der Waals surface area contributed by atoms with Gasteiger partial charge in [-0.1, -0.05) is 30.3 Å². The molecule has 2 aromatic heterocycles. The van der Waals surface area contributed by atoms with Crippen LogP contribution in [0.2, 0.25) is 0 Å². The summed E-state index contributed by atoms with van der Waals surface area (Å²) in [6, 6.07) is 9.99. The third-order valence-electron chi connectivity index (χ3n) is 4.55. The van der Waals surface area contributed by atoms with Crippen LogP contribution in [0.3, 0.4) is 0 Å². The zero-order valence-corrected chi connectivity index (χ0v) is 14.8. The van der Waals surface area contributed by atoms with E-state index in [1.165, 1.54) is 35.1 Å². The standard InChI is InChI=1S/C19H19N3O2S/c1-12-16-18(25-17(12)14-5-3-2-4-6-14)21-11-22(19(16)24)10-15(23)20-9-13-7-8-13/h2-6,11,13H,7-10H2,1H3,(H,20,23). The molecule has 0 aliphatic heterocycles.